The van der Waals surface area contributed by atoms with E-state index in [4.69, 9.17) is 9.47 Å². The van der Waals surface area contributed by atoms with Crippen LogP contribution >= 0.6 is 15.9 Å². The zero-order chi connectivity index (χ0) is 19.9. The number of ketones is 1. The first-order valence-corrected chi connectivity index (χ1v) is 11.2. The number of piperidine rings is 1. The van der Waals surface area contributed by atoms with Crippen LogP contribution in [0.2, 0.25) is 0 Å². The number of hydrogen-bond acceptors (Lipinski definition) is 5. The molecule has 1 saturated heterocycles. The van der Waals surface area contributed by atoms with E-state index in [1.54, 1.807) is 30.3 Å². The standard InChI is InChI=1S/C20H20BrNO5S/c1-26-19-7-6-14(12-16(19)21)28(24,25)22-10-8-20(9-11-22)13-17(23)15-4-2-3-5-18(15)27-20/h2-7,12H,8-11,13H2,1H3. The highest BCUT2D eigenvalue weighted by Gasteiger charge is 2.45. The van der Waals surface area contributed by atoms with Crippen molar-refractivity contribution in [2.24, 2.45) is 0 Å². The van der Waals surface area contributed by atoms with Crippen LogP contribution in [0.5, 0.6) is 11.5 Å². The van der Waals surface area contributed by atoms with Crippen LogP contribution in [0.3, 0.4) is 0 Å². The maximum atomic E-state index is 13.0. The monoisotopic (exact) mass is 465 g/mol. The SMILES string of the molecule is COc1ccc(S(=O)(=O)N2CCC3(CC2)CC(=O)c2ccccc2O3)cc1Br. The van der Waals surface area contributed by atoms with Crippen molar-refractivity contribution in [1.29, 1.82) is 0 Å². The summed E-state index contributed by atoms with van der Waals surface area (Å²) < 4.78 is 39.5. The number of Topliss-reactive ketones (excluding diaryl/α,β-unsaturated/α-hetero) is 1. The Bertz CT molecular complexity index is 1030. The Morgan fingerprint density at radius 1 is 1.14 bits per heavy atom. The van der Waals surface area contributed by atoms with Gasteiger partial charge in [0.1, 0.15) is 17.1 Å². The average Bonchev–Trinajstić information content (AvgIpc) is 2.68. The first-order valence-electron chi connectivity index (χ1n) is 9.00. The summed E-state index contributed by atoms with van der Waals surface area (Å²) in [6, 6.07) is 11.9. The fourth-order valence-corrected chi connectivity index (χ4v) is 5.97. The van der Waals surface area contributed by atoms with Crippen LogP contribution in [0.15, 0.2) is 51.8 Å². The Labute approximate surface area is 172 Å². The van der Waals surface area contributed by atoms with Crippen molar-refractivity contribution >= 4 is 31.7 Å². The van der Waals surface area contributed by atoms with E-state index in [1.807, 2.05) is 12.1 Å². The second-order valence-electron chi connectivity index (χ2n) is 7.08. The van der Waals surface area contributed by atoms with Crippen molar-refractivity contribution < 1.29 is 22.7 Å². The number of methoxy groups -OCH3 is 1. The van der Waals surface area contributed by atoms with Crippen molar-refractivity contribution in [2.45, 2.75) is 29.8 Å². The third kappa shape index (κ3) is 3.33. The van der Waals surface area contributed by atoms with Gasteiger partial charge in [-0.2, -0.15) is 4.31 Å². The Morgan fingerprint density at radius 2 is 1.86 bits per heavy atom. The molecular weight excluding hydrogens is 446 g/mol. The van der Waals surface area contributed by atoms with E-state index in [0.717, 1.165) is 0 Å². The highest BCUT2D eigenvalue weighted by atomic mass is 79.9. The predicted octanol–water partition coefficient (Wildman–Crippen LogP) is 3.65. The molecular formula is C20H20BrNO5S. The van der Waals surface area contributed by atoms with Gasteiger partial charge in [0, 0.05) is 25.9 Å². The molecule has 2 heterocycles. The molecule has 6 nitrogen and oxygen atoms in total. The minimum atomic E-state index is -3.63. The number of carbonyl (C=O) groups excluding carboxylic acids is 1. The van der Waals surface area contributed by atoms with Gasteiger partial charge in [-0.05, 0) is 46.3 Å². The van der Waals surface area contributed by atoms with Crippen molar-refractivity contribution in [3.63, 3.8) is 0 Å². The second kappa shape index (κ2) is 7.17. The lowest BCUT2D eigenvalue weighted by molar-refractivity contribution is 0.00591. The summed E-state index contributed by atoms with van der Waals surface area (Å²) >= 11 is 3.34. The van der Waals surface area contributed by atoms with Crippen LogP contribution in [0.25, 0.3) is 0 Å². The molecule has 8 heteroatoms. The minimum Gasteiger partial charge on any atom is -0.496 e. The third-order valence-corrected chi connectivity index (χ3v) is 7.91. The molecule has 1 fully saturated rings. The van der Waals surface area contributed by atoms with E-state index in [-0.39, 0.29) is 17.1 Å². The van der Waals surface area contributed by atoms with Crippen molar-refractivity contribution in [2.75, 3.05) is 20.2 Å². The first kappa shape index (κ1) is 19.4. The molecule has 0 radical (unpaired) electrons. The molecule has 28 heavy (non-hydrogen) atoms. The van der Waals surface area contributed by atoms with E-state index < -0.39 is 15.6 Å². The molecule has 148 valence electrons. The van der Waals surface area contributed by atoms with Crippen LogP contribution in [0, 0.1) is 0 Å². The summed E-state index contributed by atoms with van der Waals surface area (Å²) in [6.45, 7) is 0.614. The lowest BCUT2D eigenvalue weighted by atomic mass is 9.83. The Balaban J connectivity index is 1.53. The molecule has 2 aromatic carbocycles. The van der Waals surface area contributed by atoms with Gasteiger partial charge >= 0.3 is 0 Å². The molecule has 2 aliphatic heterocycles. The number of ether oxygens (including phenoxy) is 2. The fourth-order valence-electron chi connectivity index (χ4n) is 3.81. The Hall–Kier alpha value is -1.90. The van der Waals surface area contributed by atoms with E-state index in [9.17, 15) is 13.2 Å². The number of halogens is 1. The van der Waals surface area contributed by atoms with Gasteiger partial charge in [0.2, 0.25) is 10.0 Å². The van der Waals surface area contributed by atoms with Gasteiger partial charge < -0.3 is 9.47 Å². The highest BCUT2D eigenvalue weighted by Crippen LogP contribution is 2.40. The van der Waals surface area contributed by atoms with Crippen molar-refractivity contribution in [3.8, 4) is 11.5 Å². The number of hydrogen-bond donors (Lipinski definition) is 0. The molecule has 2 aromatic rings. The molecule has 0 bridgehead atoms. The maximum absolute atomic E-state index is 13.0. The van der Waals surface area contributed by atoms with Crippen molar-refractivity contribution in [1.82, 2.24) is 4.31 Å². The highest BCUT2D eigenvalue weighted by molar-refractivity contribution is 9.10. The molecule has 4 rings (SSSR count). The van der Waals surface area contributed by atoms with Crippen LogP contribution in [0.1, 0.15) is 29.6 Å². The van der Waals surface area contributed by atoms with Gasteiger partial charge in [-0.15, -0.1) is 0 Å². The Morgan fingerprint density at radius 3 is 2.54 bits per heavy atom. The lowest BCUT2D eigenvalue weighted by Crippen LogP contribution is -2.52. The van der Waals surface area contributed by atoms with Gasteiger partial charge in [0.15, 0.2) is 5.78 Å². The van der Waals surface area contributed by atoms with Gasteiger partial charge in [-0.25, -0.2) is 8.42 Å². The number of benzene rings is 2. The van der Waals surface area contributed by atoms with E-state index >= 15 is 0 Å². The zero-order valence-electron chi connectivity index (χ0n) is 15.4. The fraction of sp³-hybridized carbons (Fsp3) is 0.350. The summed E-state index contributed by atoms with van der Waals surface area (Å²) in [6.07, 6.45) is 1.24. The summed E-state index contributed by atoms with van der Waals surface area (Å²) in [7, 11) is -2.10. The van der Waals surface area contributed by atoms with Crippen LogP contribution in [0.4, 0.5) is 0 Å². The average molecular weight is 466 g/mol. The number of para-hydroxylation sites is 1. The normalized spacial score (nSPS) is 19.1. The Kier molecular flexibility index (Phi) is 4.97. The molecule has 0 N–H and O–H groups in total. The molecule has 0 atom stereocenters. The first-order chi connectivity index (χ1) is 13.3. The van der Waals surface area contributed by atoms with Crippen molar-refractivity contribution in [3.05, 3.63) is 52.5 Å². The van der Waals surface area contributed by atoms with Gasteiger partial charge in [0.25, 0.3) is 0 Å². The van der Waals surface area contributed by atoms with Gasteiger partial charge in [0.05, 0.1) is 28.5 Å². The number of sulfonamides is 1. The predicted molar refractivity (Wildman–Crippen MR) is 107 cm³/mol. The molecule has 0 aromatic heterocycles. The number of rotatable bonds is 3. The maximum Gasteiger partial charge on any atom is 0.243 e. The molecule has 0 unspecified atom stereocenters. The molecule has 1 spiro atoms. The van der Waals surface area contributed by atoms with Gasteiger partial charge in [-0.1, -0.05) is 12.1 Å². The van der Waals surface area contributed by atoms with E-state index in [0.29, 0.717) is 47.5 Å². The largest absolute Gasteiger partial charge is 0.496 e. The van der Waals surface area contributed by atoms with E-state index in [1.165, 1.54) is 11.4 Å². The topological polar surface area (TPSA) is 72.9 Å². The number of nitrogens with zero attached hydrogens (tertiary/aromatic N) is 1. The molecule has 2 aliphatic rings. The summed E-state index contributed by atoms with van der Waals surface area (Å²) in [5, 5.41) is 0. The summed E-state index contributed by atoms with van der Waals surface area (Å²) in [4.78, 5) is 12.7. The third-order valence-electron chi connectivity index (χ3n) is 5.39. The quantitative estimate of drug-likeness (QED) is 0.691. The smallest absolute Gasteiger partial charge is 0.243 e. The second-order valence-corrected chi connectivity index (χ2v) is 9.87. The van der Waals surface area contributed by atoms with Gasteiger partial charge in [-0.3, -0.25) is 4.79 Å². The summed E-state index contributed by atoms with van der Waals surface area (Å²) in [5.41, 5.74) is -0.0240. The van der Waals surface area contributed by atoms with E-state index in [2.05, 4.69) is 15.9 Å². The number of carbonyl (C=O) groups is 1. The summed E-state index contributed by atoms with van der Waals surface area (Å²) in [5.74, 6) is 1.22. The number of fused-ring (bicyclic) bond motifs is 1. The van der Waals surface area contributed by atoms with Crippen LogP contribution < -0.4 is 9.47 Å². The molecule has 0 amide bonds. The van der Waals surface area contributed by atoms with Crippen LogP contribution in [-0.4, -0.2) is 44.3 Å². The molecule has 0 aliphatic carbocycles. The lowest BCUT2D eigenvalue weighted by Gasteiger charge is -2.43. The van der Waals surface area contributed by atoms with Crippen LogP contribution in [-0.2, 0) is 10.0 Å². The molecule has 0 saturated carbocycles. The zero-order valence-corrected chi connectivity index (χ0v) is 17.8. The minimum absolute atomic E-state index is 0.0530.